The Balaban J connectivity index is 1.17. The number of aromatic nitrogens is 3. The lowest BCUT2D eigenvalue weighted by Gasteiger charge is -2.13. The predicted octanol–water partition coefficient (Wildman–Crippen LogP) is 13.4. The van der Waals surface area contributed by atoms with E-state index in [0.29, 0.717) is 5.82 Å². The molecule has 0 spiro atoms. The Kier molecular flexibility index (Phi) is 6.02. The van der Waals surface area contributed by atoms with Crippen molar-refractivity contribution in [1.82, 2.24) is 14.5 Å². The van der Waals surface area contributed by atoms with Gasteiger partial charge in [0.2, 0.25) is 0 Å². The number of para-hydroxylation sites is 2. The lowest BCUT2D eigenvalue weighted by molar-refractivity contribution is 0.672. The van der Waals surface area contributed by atoms with Crippen LogP contribution >= 0.6 is 0 Å². The molecule has 0 radical (unpaired) electrons. The second-order valence-corrected chi connectivity index (χ2v) is 14.1. The molecule has 250 valence electrons. The highest BCUT2D eigenvalue weighted by atomic mass is 16.3. The third-order valence-electron chi connectivity index (χ3n) is 11.1. The molecule has 9 aromatic carbocycles. The Morgan fingerprint density at radius 2 is 1.11 bits per heavy atom. The minimum absolute atomic E-state index is 0.685. The Labute approximate surface area is 309 Å². The van der Waals surface area contributed by atoms with Crippen LogP contribution in [0.25, 0.3) is 115 Å². The molecule has 4 heteroatoms. The third kappa shape index (κ3) is 4.19. The van der Waals surface area contributed by atoms with Crippen molar-refractivity contribution in [2.75, 3.05) is 0 Å². The van der Waals surface area contributed by atoms with Gasteiger partial charge in [-0.05, 0) is 75.5 Å². The zero-order valence-electron chi connectivity index (χ0n) is 29.0. The highest BCUT2D eigenvalue weighted by Gasteiger charge is 2.22. The topological polar surface area (TPSA) is 43.9 Å². The fourth-order valence-electron chi connectivity index (χ4n) is 8.67. The van der Waals surface area contributed by atoms with Gasteiger partial charge in [0.05, 0.1) is 33.3 Å². The predicted molar refractivity (Wildman–Crippen MR) is 225 cm³/mol. The smallest absolute Gasteiger partial charge is 0.161 e. The van der Waals surface area contributed by atoms with E-state index in [1.807, 2.05) is 0 Å². The van der Waals surface area contributed by atoms with Gasteiger partial charge in [0, 0.05) is 38.1 Å². The highest BCUT2D eigenvalue weighted by molar-refractivity contribution is 6.22. The molecule has 0 saturated carbocycles. The monoisotopic (exact) mass is 687 g/mol. The maximum absolute atomic E-state index is 6.84. The van der Waals surface area contributed by atoms with E-state index in [-0.39, 0.29) is 0 Å². The SMILES string of the molecule is c1ccc2cc(-c3nc(-c4cc5c(oc6cccc(-n7c8ccccc8c8cc9ccccc9cc87)c65)c5ccccc45)nc4ccccc34)ccc2c1. The standard InChI is InChI=1S/C50H29N3O/c1-2-13-31-26-34(25-24-30(31)12-1)48-38-19-7-9-20-42(38)51-50(52-48)40-29-41-47-44(22-11-23-46(47)54-49(41)37-18-6-5-16-35(37)40)53-43-21-10-8-17-36(43)39-27-32-14-3-4-15-33(32)28-45(39)53/h1-29H. The van der Waals surface area contributed by atoms with Gasteiger partial charge in [-0.2, -0.15) is 0 Å². The zero-order chi connectivity index (χ0) is 35.3. The van der Waals surface area contributed by atoms with Crippen molar-refractivity contribution in [3.05, 3.63) is 176 Å². The molecule has 12 rings (SSSR count). The molecule has 0 bridgehead atoms. The summed E-state index contributed by atoms with van der Waals surface area (Å²) in [7, 11) is 0. The number of hydrogen-bond acceptors (Lipinski definition) is 3. The van der Waals surface area contributed by atoms with Gasteiger partial charge >= 0.3 is 0 Å². The average molecular weight is 688 g/mol. The van der Waals surface area contributed by atoms with Gasteiger partial charge in [-0.15, -0.1) is 0 Å². The number of nitrogens with zero attached hydrogens (tertiary/aromatic N) is 3. The van der Waals surface area contributed by atoms with E-state index in [1.54, 1.807) is 0 Å². The number of fused-ring (bicyclic) bond motifs is 11. The second kappa shape index (κ2) is 11.1. The van der Waals surface area contributed by atoms with Crippen molar-refractivity contribution in [1.29, 1.82) is 0 Å². The van der Waals surface area contributed by atoms with Crippen LogP contribution in [-0.2, 0) is 0 Å². The minimum Gasteiger partial charge on any atom is -0.455 e. The van der Waals surface area contributed by atoms with Crippen molar-refractivity contribution in [3.8, 4) is 28.3 Å². The summed E-state index contributed by atoms with van der Waals surface area (Å²) in [5.41, 5.74) is 8.95. The van der Waals surface area contributed by atoms with Crippen molar-refractivity contribution in [2.24, 2.45) is 0 Å². The van der Waals surface area contributed by atoms with E-state index in [4.69, 9.17) is 14.4 Å². The molecule has 0 atom stereocenters. The van der Waals surface area contributed by atoms with Gasteiger partial charge in [-0.1, -0.05) is 127 Å². The summed E-state index contributed by atoms with van der Waals surface area (Å²) in [5, 5.41) is 12.5. The average Bonchev–Trinajstić information content (AvgIpc) is 3.77. The van der Waals surface area contributed by atoms with Gasteiger partial charge in [0.15, 0.2) is 5.82 Å². The molecule has 4 nitrogen and oxygen atoms in total. The van der Waals surface area contributed by atoms with E-state index in [1.165, 1.54) is 32.3 Å². The zero-order valence-corrected chi connectivity index (χ0v) is 29.0. The molecule has 0 aliphatic rings. The van der Waals surface area contributed by atoms with E-state index in [0.717, 1.165) is 77.2 Å². The van der Waals surface area contributed by atoms with Gasteiger partial charge in [0.25, 0.3) is 0 Å². The van der Waals surface area contributed by atoms with Crippen LogP contribution in [0, 0.1) is 0 Å². The number of furan rings is 1. The second-order valence-electron chi connectivity index (χ2n) is 14.1. The van der Waals surface area contributed by atoms with Crippen LogP contribution in [0.5, 0.6) is 0 Å². The van der Waals surface area contributed by atoms with Crippen LogP contribution < -0.4 is 0 Å². The summed E-state index contributed by atoms with van der Waals surface area (Å²) in [5.74, 6) is 0.685. The molecule has 0 unspecified atom stereocenters. The van der Waals surface area contributed by atoms with Crippen molar-refractivity contribution in [2.45, 2.75) is 0 Å². The van der Waals surface area contributed by atoms with Crippen molar-refractivity contribution in [3.63, 3.8) is 0 Å². The molecule has 3 aromatic heterocycles. The fourth-order valence-corrected chi connectivity index (χ4v) is 8.67. The summed E-state index contributed by atoms with van der Waals surface area (Å²) in [6.07, 6.45) is 0. The van der Waals surface area contributed by atoms with E-state index in [9.17, 15) is 0 Å². The van der Waals surface area contributed by atoms with Gasteiger partial charge < -0.3 is 8.98 Å². The number of hydrogen-bond donors (Lipinski definition) is 0. The molecule has 0 aliphatic heterocycles. The Morgan fingerprint density at radius 1 is 0.426 bits per heavy atom. The van der Waals surface area contributed by atoms with Gasteiger partial charge in [0.1, 0.15) is 11.2 Å². The Hall–Kier alpha value is -7.30. The maximum Gasteiger partial charge on any atom is 0.161 e. The minimum atomic E-state index is 0.685. The lowest BCUT2D eigenvalue weighted by atomic mass is 9.98. The molecule has 54 heavy (non-hydrogen) atoms. The van der Waals surface area contributed by atoms with Crippen molar-refractivity contribution < 1.29 is 4.42 Å². The van der Waals surface area contributed by atoms with Gasteiger partial charge in [-0.25, -0.2) is 9.97 Å². The molecule has 0 N–H and O–H groups in total. The molecule has 0 saturated heterocycles. The van der Waals surface area contributed by atoms with E-state index in [2.05, 4.69) is 180 Å². The summed E-state index contributed by atoms with van der Waals surface area (Å²) < 4.78 is 9.25. The third-order valence-corrected chi connectivity index (χ3v) is 11.1. The van der Waals surface area contributed by atoms with Gasteiger partial charge in [-0.3, -0.25) is 0 Å². The van der Waals surface area contributed by atoms with Crippen molar-refractivity contribution >= 4 is 87.0 Å². The first-order chi connectivity index (χ1) is 26.8. The van der Waals surface area contributed by atoms with Crippen LogP contribution in [0.15, 0.2) is 180 Å². The fraction of sp³-hybridized carbons (Fsp3) is 0. The quantitative estimate of drug-likeness (QED) is 0.186. The molecule has 0 fully saturated rings. The lowest BCUT2D eigenvalue weighted by Crippen LogP contribution is -1.97. The molecular formula is C50H29N3O. The Bertz CT molecular complexity index is 3520. The summed E-state index contributed by atoms with van der Waals surface area (Å²) >= 11 is 0. The molecule has 0 aliphatic carbocycles. The first-order valence-corrected chi connectivity index (χ1v) is 18.3. The molecule has 0 amide bonds. The maximum atomic E-state index is 6.84. The summed E-state index contributed by atoms with van der Waals surface area (Å²) in [6.45, 7) is 0. The first kappa shape index (κ1) is 29.3. The normalized spacial score (nSPS) is 12.1. The van der Waals surface area contributed by atoms with E-state index < -0.39 is 0 Å². The Morgan fingerprint density at radius 3 is 1.96 bits per heavy atom. The summed E-state index contributed by atoms with van der Waals surface area (Å²) in [6, 6.07) is 62.5. The largest absolute Gasteiger partial charge is 0.455 e. The molecular weight excluding hydrogens is 659 g/mol. The van der Waals surface area contributed by atoms with Crippen LogP contribution in [0.1, 0.15) is 0 Å². The molecule has 12 aromatic rings. The van der Waals surface area contributed by atoms with E-state index >= 15 is 0 Å². The number of rotatable bonds is 3. The summed E-state index contributed by atoms with van der Waals surface area (Å²) in [4.78, 5) is 10.7. The first-order valence-electron chi connectivity index (χ1n) is 18.3. The van der Waals surface area contributed by atoms with Crippen LogP contribution in [0.4, 0.5) is 0 Å². The molecule has 3 heterocycles. The number of benzene rings is 9. The highest BCUT2D eigenvalue weighted by Crippen LogP contribution is 2.44. The van der Waals surface area contributed by atoms with Crippen LogP contribution in [0.2, 0.25) is 0 Å². The van der Waals surface area contributed by atoms with Crippen LogP contribution in [0.3, 0.4) is 0 Å². The van der Waals surface area contributed by atoms with Crippen LogP contribution in [-0.4, -0.2) is 14.5 Å².